The lowest BCUT2D eigenvalue weighted by atomic mass is 9.91. The molecule has 2 rings (SSSR count). The Kier molecular flexibility index (Phi) is 6.51. The molecule has 0 saturated carbocycles. The second-order valence-corrected chi connectivity index (χ2v) is 9.92. The van der Waals surface area contributed by atoms with Crippen molar-refractivity contribution in [2.75, 3.05) is 28.9 Å². The summed E-state index contributed by atoms with van der Waals surface area (Å²) in [6.45, 7) is 8.32. The SMILES string of the molecule is CCS(=O)(=O)Nc1ccc(NC(=O)C2CCCN(C(=O)C(C)(C)C)C2)cc1. The number of hydrogen-bond donors (Lipinski definition) is 2. The first kappa shape index (κ1) is 21.2. The first-order valence-electron chi connectivity index (χ1n) is 9.22. The van der Waals surface area contributed by atoms with Crippen molar-refractivity contribution >= 4 is 33.2 Å². The Hall–Kier alpha value is -2.09. The number of carbonyl (C=O) groups is 2. The molecule has 150 valence electrons. The van der Waals surface area contributed by atoms with E-state index in [0.717, 1.165) is 12.8 Å². The number of sulfonamides is 1. The summed E-state index contributed by atoms with van der Waals surface area (Å²) in [5.74, 6) is -0.309. The minimum Gasteiger partial charge on any atom is -0.341 e. The van der Waals surface area contributed by atoms with Crippen molar-refractivity contribution in [3.05, 3.63) is 24.3 Å². The topological polar surface area (TPSA) is 95.6 Å². The van der Waals surface area contributed by atoms with Crippen LogP contribution in [0.1, 0.15) is 40.5 Å². The van der Waals surface area contributed by atoms with Crippen LogP contribution in [0.5, 0.6) is 0 Å². The Morgan fingerprint density at radius 1 is 1.15 bits per heavy atom. The van der Waals surface area contributed by atoms with E-state index in [9.17, 15) is 18.0 Å². The Morgan fingerprint density at radius 2 is 1.74 bits per heavy atom. The molecule has 1 heterocycles. The first-order chi connectivity index (χ1) is 12.5. The first-order valence-corrected chi connectivity index (χ1v) is 10.9. The van der Waals surface area contributed by atoms with E-state index >= 15 is 0 Å². The second kappa shape index (κ2) is 8.29. The van der Waals surface area contributed by atoms with Gasteiger partial charge in [-0.2, -0.15) is 0 Å². The van der Waals surface area contributed by atoms with Gasteiger partial charge in [0.2, 0.25) is 21.8 Å². The molecule has 1 aromatic rings. The molecule has 2 amide bonds. The summed E-state index contributed by atoms with van der Waals surface area (Å²) < 4.78 is 25.6. The van der Waals surface area contributed by atoms with Crippen LogP contribution in [0.15, 0.2) is 24.3 Å². The van der Waals surface area contributed by atoms with Crippen LogP contribution in [0.4, 0.5) is 11.4 Å². The van der Waals surface area contributed by atoms with Crippen LogP contribution in [0.3, 0.4) is 0 Å². The monoisotopic (exact) mass is 395 g/mol. The van der Waals surface area contributed by atoms with Gasteiger partial charge in [0, 0.05) is 29.9 Å². The summed E-state index contributed by atoms with van der Waals surface area (Å²) in [6, 6.07) is 6.54. The normalized spacial score (nSPS) is 18.1. The van der Waals surface area contributed by atoms with Gasteiger partial charge in [0.05, 0.1) is 11.7 Å². The number of nitrogens with zero attached hydrogens (tertiary/aromatic N) is 1. The number of nitrogens with one attached hydrogen (secondary N) is 2. The average molecular weight is 396 g/mol. The molecule has 1 aliphatic rings. The van der Waals surface area contributed by atoms with E-state index in [1.54, 1.807) is 36.1 Å². The quantitative estimate of drug-likeness (QED) is 0.801. The van der Waals surface area contributed by atoms with Crippen LogP contribution in [0.2, 0.25) is 0 Å². The molecule has 8 heteroatoms. The highest BCUT2D eigenvalue weighted by Gasteiger charge is 2.33. The molecular weight excluding hydrogens is 366 g/mol. The number of anilines is 2. The number of rotatable bonds is 5. The lowest BCUT2D eigenvalue weighted by Crippen LogP contribution is -2.47. The van der Waals surface area contributed by atoms with Gasteiger partial charge < -0.3 is 10.2 Å². The van der Waals surface area contributed by atoms with Crippen molar-refractivity contribution in [2.45, 2.75) is 40.5 Å². The molecule has 2 N–H and O–H groups in total. The van der Waals surface area contributed by atoms with Gasteiger partial charge >= 0.3 is 0 Å². The minimum atomic E-state index is -3.33. The molecule has 0 radical (unpaired) electrons. The van der Waals surface area contributed by atoms with Gasteiger partial charge in [0.15, 0.2) is 0 Å². The Morgan fingerprint density at radius 3 is 2.30 bits per heavy atom. The molecule has 7 nitrogen and oxygen atoms in total. The summed E-state index contributed by atoms with van der Waals surface area (Å²) in [6.07, 6.45) is 1.55. The number of amides is 2. The highest BCUT2D eigenvalue weighted by atomic mass is 32.2. The Bertz CT molecular complexity index is 782. The van der Waals surface area contributed by atoms with E-state index in [1.807, 2.05) is 20.8 Å². The molecular formula is C19H29N3O4S. The summed E-state index contributed by atoms with van der Waals surface area (Å²) in [7, 11) is -3.33. The van der Waals surface area contributed by atoms with Crippen molar-refractivity contribution in [3.8, 4) is 0 Å². The van der Waals surface area contributed by atoms with Crippen LogP contribution >= 0.6 is 0 Å². The molecule has 1 atom stereocenters. The zero-order chi connectivity index (χ0) is 20.2. The van der Waals surface area contributed by atoms with Crippen LogP contribution in [-0.4, -0.2) is 44.0 Å². The highest BCUT2D eigenvalue weighted by molar-refractivity contribution is 7.92. The minimum absolute atomic E-state index is 0.00302. The molecule has 1 saturated heterocycles. The van der Waals surface area contributed by atoms with Crippen LogP contribution in [-0.2, 0) is 19.6 Å². The van der Waals surface area contributed by atoms with Crippen LogP contribution < -0.4 is 10.0 Å². The zero-order valence-electron chi connectivity index (χ0n) is 16.4. The number of hydrogen-bond acceptors (Lipinski definition) is 4. The van der Waals surface area contributed by atoms with Gasteiger partial charge in [-0.3, -0.25) is 14.3 Å². The number of likely N-dealkylation sites (tertiary alicyclic amines) is 1. The molecule has 1 aliphatic heterocycles. The summed E-state index contributed by atoms with van der Waals surface area (Å²) >= 11 is 0. The van der Waals surface area contributed by atoms with Crippen LogP contribution in [0, 0.1) is 11.3 Å². The third kappa shape index (κ3) is 5.95. The second-order valence-electron chi connectivity index (χ2n) is 7.91. The molecule has 0 aliphatic carbocycles. The van der Waals surface area contributed by atoms with Crippen molar-refractivity contribution in [1.82, 2.24) is 4.90 Å². The Labute approximate surface area is 161 Å². The molecule has 1 fully saturated rings. The van der Waals surface area contributed by atoms with Crippen molar-refractivity contribution < 1.29 is 18.0 Å². The van der Waals surface area contributed by atoms with Gasteiger partial charge in [0.1, 0.15) is 0 Å². The van der Waals surface area contributed by atoms with Crippen molar-refractivity contribution in [3.63, 3.8) is 0 Å². The maximum Gasteiger partial charge on any atom is 0.232 e. The van der Waals surface area contributed by atoms with Crippen molar-refractivity contribution in [2.24, 2.45) is 11.3 Å². The summed E-state index contributed by atoms with van der Waals surface area (Å²) in [5, 5.41) is 2.86. The number of piperidine rings is 1. The lowest BCUT2D eigenvalue weighted by molar-refractivity contribution is -0.142. The maximum absolute atomic E-state index is 12.6. The molecule has 1 unspecified atom stereocenters. The average Bonchev–Trinajstić information content (AvgIpc) is 2.62. The van der Waals surface area contributed by atoms with Gasteiger partial charge in [-0.05, 0) is 44.0 Å². The van der Waals surface area contributed by atoms with Gasteiger partial charge in [-0.25, -0.2) is 8.42 Å². The zero-order valence-corrected chi connectivity index (χ0v) is 17.2. The molecule has 0 aromatic heterocycles. The van der Waals surface area contributed by atoms with Crippen LogP contribution in [0.25, 0.3) is 0 Å². The predicted molar refractivity (Wildman–Crippen MR) is 107 cm³/mol. The Balaban J connectivity index is 1.97. The highest BCUT2D eigenvalue weighted by Crippen LogP contribution is 2.24. The summed E-state index contributed by atoms with van der Waals surface area (Å²) in [5.41, 5.74) is 0.591. The molecule has 0 spiro atoms. The fraction of sp³-hybridized carbons (Fsp3) is 0.579. The van der Waals surface area contributed by atoms with Gasteiger partial charge in [-0.1, -0.05) is 20.8 Å². The number of benzene rings is 1. The predicted octanol–water partition coefficient (Wildman–Crippen LogP) is 2.67. The summed E-state index contributed by atoms with van der Waals surface area (Å²) in [4.78, 5) is 26.8. The largest absolute Gasteiger partial charge is 0.341 e. The number of carbonyl (C=O) groups excluding carboxylic acids is 2. The maximum atomic E-state index is 12.6. The van der Waals surface area contributed by atoms with E-state index < -0.39 is 15.4 Å². The van der Waals surface area contributed by atoms with E-state index in [0.29, 0.717) is 24.5 Å². The lowest BCUT2D eigenvalue weighted by Gasteiger charge is -2.35. The van der Waals surface area contributed by atoms with Gasteiger partial charge in [0.25, 0.3) is 0 Å². The standard InChI is InChI=1S/C19H29N3O4S/c1-5-27(25,26)21-16-10-8-15(9-11-16)20-17(23)14-7-6-12-22(13-14)18(24)19(2,3)4/h8-11,14,21H,5-7,12-13H2,1-4H3,(H,20,23). The van der Waals surface area contributed by atoms with E-state index in [4.69, 9.17) is 0 Å². The fourth-order valence-corrected chi connectivity index (χ4v) is 3.61. The third-order valence-corrected chi connectivity index (χ3v) is 5.83. The smallest absolute Gasteiger partial charge is 0.232 e. The van der Waals surface area contributed by atoms with E-state index in [1.165, 1.54) is 0 Å². The molecule has 0 bridgehead atoms. The van der Waals surface area contributed by atoms with Crippen molar-refractivity contribution in [1.29, 1.82) is 0 Å². The van der Waals surface area contributed by atoms with E-state index in [-0.39, 0.29) is 23.5 Å². The van der Waals surface area contributed by atoms with Gasteiger partial charge in [-0.15, -0.1) is 0 Å². The molecule has 1 aromatic carbocycles. The third-order valence-electron chi connectivity index (χ3n) is 4.53. The fourth-order valence-electron chi connectivity index (χ4n) is 2.97. The van der Waals surface area contributed by atoms with E-state index in [2.05, 4.69) is 10.0 Å². The molecule has 27 heavy (non-hydrogen) atoms.